The summed E-state index contributed by atoms with van der Waals surface area (Å²) in [4.78, 5) is 3.54. The fourth-order valence-electron chi connectivity index (χ4n) is 0.740. The van der Waals surface area contributed by atoms with Gasteiger partial charge in [0, 0.05) is 11.8 Å². The predicted octanol–water partition coefficient (Wildman–Crippen LogP) is 1.88. The van der Waals surface area contributed by atoms with E-state index in [1.165, 1.54) is 24.4 Å². The fraction of sp³-hybridized carbons (Fsp3) is 0.125. The van der Waals surface area contributed by atoms with Crippen molar-refractivity contribution in [3.05, 3.63) is 34.9 Å². The number of pyridine rings is 1. The molecule has 64 valence electrons. The van der Waals surface area contributed by atoms with Gasteiger partial charge in [0.1, 0.15) is 0 Å². The molecule has 1 aromatic rings. The number of aromatic nitrogens is 1. The van der Waals surface area contributed by atoms with Gasteiger partial charge in [-0.25, -0.2) is 9.37 Å². The van der Waals surface area contributed by atoms with Gasteiger partial charge in [-0.05, 0) is 6.07 Å². The number of halogens is 2. The van der Waals surface area contributed by atoms with Crippen LogP contribution in [0.25, 0.3) is 6.08 Å². The number of rotatable bonds is 2. The molecule has 0 atom stereocenters. The number of nitrogens with zero attached hydrogens (tertiary/aromatic N) is 1. The van der Waals surface area contributed by atoms with E-state index >= 15 is 0 Å². The van der Waals surface area contributed by atoms with Gasteiger partial charge < -0.3 is 5.11 Å². The maximum Gasteiger partial charge on any atom is 0.167 e. The first-order valence-electron chi connectivity index (χ1n) is 3.33. The van der Waals surface area contributed by atoms with Gasteiger partial charge in [0.05, 0.1) is 6.61 Å². The Kier molecular flexibility index (Phi) is 3.19. The number of aliphatic hydroxyl groups excluding tert-OH is 1. The first kappa shape index (κ1) is 9.16. The van der Waals surface area contributed by atoms with E-state index < -0.39 is 5.82 Å². The van der Waals surface area contributed by atoms with E-state index in [4.69, 9.17) is 16.7 Å². The third-order valence-electron chi connectivity index (χ3n) is 1.28. The smallest absolute Gasteiger partial charge is 0.167 e. The molecule has 0 aliphatic rings. The SMILES string of the molecule is OCC=Cc1ccnc(Cl)c1F. The Balaban J connectivity index is 3.00. The lowest BCUT2D eigenvalue weighted by atomic mass is 10.2. The van der Waals surface area contributed by atoms with Crippen molar-refractivity contribution in [1.29, 1.82) is 0 Å². The molecule has 12 heavy (non-hydrogen) atoms. The average molecular weight is 188 g/mol. The van der Waals surface area contributed by atoms with Crippen molar-refractivity contribution in [3.63, 3.8) is 0 Å². The quantitative estimate of drug-likeness (QED) is 0.718. The van der Waals surface area contributed by atoms with Gasteiger partial charge in [-0.15, -0.1) is 0 Å². The van der Waals surface area contributed by atoms with Crippen molar-refractivity contribution < 1.29 is 9.50 Å². The molecule has 1 aromatic heterocycles. The highest BCUT2D eigenvalue weighted by atomic mass is 35.5. The van der Waals surface area contributed by atoms with E-state index in [9.17, 15) is 4.39 Å². The molecular formula is C8H7ClFNO. The molecule has 0 saturated heterocycles. The summed E-state index contributed by atoms with van der Waals surface area (Å²) >= 11 is 5.41. The van der Waals surface area contributed by atoms with Crippen LogP contribution in [-0.4, -0.2) is 16.7 Å². The Morgan fingerprint density at radius 3 is 3.08 bits per heavy atom. The van der Waals surface area contributed by atoms with Gasteiger partial charge >= 0.3 is 0 Å². The van der Waals surface area contributed by atoms with Crippen LogP contribution in [0, 0.1) is 5.82 Å². The van der Waals surface area contributed by atoms with Gasteiger partial charge in [0.15, 0.2) is 11.0 Å². The van der Waals surface area contributed by atoms with Crippen molar-refractivity contribution in [2.24, 2.45) is 0 Å². The normalized spacial score (nSPS) is 10.9. The molecule has 0 fully saturated rings. The van der Waals surface area contributed by atoms with E-state index in [0.717, 1.165) is 0 Å². The molecule has 0 aliphatic carbocycles. The van der Waals surface area contributed by atoms with Crippen LogP contribution >= 0.6 is 11.6 Å². The molecule has 1 rings (SSSR count). The molecule has 1 N–H and O–H groups in total. The predicted molar refractivity (Wildman–Crippen MR) is 45.3 cm³/mol. The standard InChI is InChI=1S/C8H7ClFNO/c9-8-7(10)6(2-1-5-12)3-4-11-8/h1-4,12H,5H2. The van der Waals surface area contributed by atoms with Gasteiger partial charge in [0.25, 0.3) is 0 Å². The molecule has 0 amide bonds. The van der Waals surface area contributed by atoms with Gasteiger partial charge in [-0.2, -0.15) is 0 Å². The van der Waals surface area contributed by atoms with E-state index in [1.54, 1.807) is 0 Å². The lowest BCUT2D eigenvalue weighted by Crippen LogP contribution is -1.86. The maximum absolute atomic E-state index is 13.0. The number of aliphatic hydroxyl groups is 1. The zero-order valence-corrected chi connectivity index (χ0v) is 6.92. The average Bonchev–Trinajstić information content (AvgIpc) is 2.08. The Bertz CT molecular complexity index is 301. The molecule has 1 heterocycles. The highest BCUT2D eigenvalue weighted by Gasteiger charge is 2.03. The van der Waals surface area contributed by atoms with Crippen molar-refractivity contribution in [2.75, 3.05) is 6.61 Å². The van der Waals surface area contributed by atoms with Crippen molar-refractivity contribution in [2.45, 2.75) is 0 Å². The van der Waals surface area contributed by atoms with E-state index in [1.807, 2.05) is 0 Å². The lowest BCUT2D eigenvalue weighted by molar-refractivity contribution is 0.343. The molecule has 0 bridgehead atoms. The summed E-state index contributed by atoms with van der Waals surface area (Å²) < 4.78 is 13.0. The highest BCUT2D eigenvalue weighted by Crippen LogP contribution is 2.15. The second-order valence-corrected chi connectivity index (χ2v) is 2.45. The van der Waals surface area contributed by atoms with Crippen LogP contribution < -0.4 is 0 Å². The van der Waals surface area contributed by atoms with Crippen molar-refractivity contribution in [1.82, 2.24) is 4.98 Å². The minimum absolute atomic E-state index is 0.126. The maximum atomic E-state index is 13.0. The van der Waals surface area contributed by atoms with Crippen molar-refractivity contribution in [3.8, 4) is 0 Å². The Labute approximate surface area is 74.3 Å². The summed E-state index contributed by atoms with van der Waals surface area (Å²) in [5.41, 5.74) is 0.323. The van der Waals surface area contributed by atoms with Crippen LogP contribution in [-0.2, 0) is 0 Å². The summed E-state index contributed by atoms with van der Waals surface area (Å²) in [5, 5.41) is 8.27. The van der Waals surface area contributed by atoms with Gasteiger partial charge in [-0.3, -0.25) is 0 Å². The molecule has 0 saturated carbocycles. The van der Waals surface area contributed by atoms with E-state index in [-0.39, 0.29) is 11.8 Å². The van der Waals surface area contributed by atoms with Crippen LogP contribution in [0.4, 0.5) is 4.39 Å². The Morgan fingerprint density at radius 1 is 1.67 bits per heavy atom. The summed E-state index contributed by atoms with van der Waals surface area (Å²) in [6.07, 6.45) is 4.28. The monoisotopic (exact) mass is 187 g/mol. The Morgan fingerprint density at radius 2 is 2.42 bits per heavy atom. The van der Waals surface area contributed by atoms with E-state index in [2.05, 4.69) is 4.98 Å². The summed E-state index contributed by atoms with van der Waals surface area (Å²) in [7, 11) is 0. The Hall–Kier alpha value is -0.930. The topological polar surface area (TPSA) is 33.1 Å². The molecular weight excluding hydrogens is 181 g/mol. The second-order valence-electron chi connectivity index (χ2n) is 2.09. The minimum atomic E-state index is -0.566. The zero-order valence-electron chi connectivity index (χ0n) is 6.17. The second kappa shape index (κ2) is 4.18. The largest absolute Gasteiger partial charge is 0.392 e. The summed E-state index contributed by atoms with van der Waals surface area (Å²) in [6, 6.07) is 1.48. The zero-order chi connectivity index (χ0) is 8.97. The number of hydrogen-bond donors (Lipinski definition) is 1. The first-order chi connectivity index (χ1) is 5.75. The van der Waals surface area contributed by atoms with Crippen LogP contribution in [0.1, 0.15) is 5.56 Å². The molecule has 2 nitrogen and oxygen atoms in total. The van der Waals surface area contributed by atoms with Crippen molar-refractivity contribution >= 4 is 17.7 Å². The van der Waals surface area contributed by atoms with Crippen LogP contribution in [0.15, 0.2) is 18.3 Å². The first-order valence-corrected chi connectivity index (χ1v) is 3.71. The molecule has 4 heteroatoms. The van der Waals surface area contributed by atoms with Crippen LogP contribution in [0.5, 0.6) is 0 Å². The fourth-order valence-corrected chi connectivity index (χ4v) is 0.906. The number of hydrogen-bond acceptors (Lipinski definition) is 2. The molecule has 0 aliphatic heterocycles. The molecule has 0 spiro atoms. The van der Waals surface area contributed by atoms with Crippen LogP contribution in [0.2, 0.25) is 5.15 Å². The molecule has 0 aromatic carbocycles. The molecule has 0 unspecified atom stereocenters. The summed E-state index contributed by atoms with van der Waals surface area (Å²) in [5.74, 6) is -0.566. The van der Waals surface area contributed by atoms with Crippen LogP contribution in [0.3, 0.4) is 0 Å². The molecule has 0 radical (unpaired) electrons. The third kappa shape index (κ3) is 2.03. The summed E-state index contributed by atoms with van der Waals surface area (Å²) in [6.45, 7) is -0.126. The lowest BCUT2D eigenvalue weighted by Gasteiger charge is -1.96. The van der Waals surface area contributed by atoms with Gasteiger partial charge in [0.2, 0.25) is 0 Å². The van der Waals surface area contributed by atoms with Gasteiger partial charge in [-0.1, -0.05) is 23.8 Å². The van der Waals surface area contributed by atoms with E-state index in [0.29, 0.717) is 5.56 Å². The minimum Gasteiger partial charge on any atom is -0.392 e. The highest BCUT2D eigenvalue weighted by molar-refractivity contribution is 6.29. The third-order valence-corrected chi connectivity index (χ3v) is 1.54.